The summed E-state index contributed by atoms with van der Waals surface area (Å²) >= 11 is 0. The number of nitrogens with one attached hydrogen (secondary N) is 1. The third-order valence-corrected chi connectivity index (χ3v) is 4.79. The summed E-state index contributed by atoms with van der Waals surface area (Å²) in [5, 5.41) is 3.25. The van der Waals surface area contributed by atoms with Gasteiger partial charge in [0.2, 0.25) is 5.91 Å². The standard InChI is InChI=1S/C17H24N4O/c1-21-15(22)10-13(16(21)12-6-3-2-4-7-12)11-19-17(18)20-14-8-5-9-14/h2-4,6-7,13-14,16H,5,8-11H2,1H3,(H3,18,19,20)/t13-,16-/m0/s1. The number of likely N-dealkylation sites (tertiary alicyclic amines) is 1. The second kappa shape index (κ2) is 6.38. The molecule has 1 aromatic carbocycles. The molecule has 3 rings (SSSR count). The van der Waals surface area contributed by atoms with Crippen molar-refractivity contribution in [3.05, 3.63) is 35.9 Å². The van der Waals surface area contributed by atoms with E-state index in [0.29, 0.717) is 25.0 Å². The van der Waals surface area contributed by atoms with Crippen LogP contribution >= 0.6 is 0 Å². The lowest BCUT2D eigenvalue weighted by Crippen LogP contribution is -2.43. The summed E-state index contributed by atoms with van der Waals surface area (Å²) in [4.78, 5) is 18.4. The molecule has 118 valence electrons. The Kier molecular flexibility index (Phi) is 4.32. The molecule has 2 fully saturated rings. The normalized spacial score (nSPS) is 26.1. The fourth-order valence-electron chi connectivity index (χ4n) is 3.28. The van der Waals surface area contributed by atoms with Gasteiger partial charge in [0.1, 0.15) is 0 Å². The van der Waals surface area contributed by atoms with Gasteiger partial charge in [-0.3, -0.25) is 9.79 Å². The number of amides is 1. The third-order valence-electron chi connectivity index (χ3n) is 4.79. The number of rotatable bonds is 4. The van der Waals surface area contributed by atoms with Crippen molar-refractivity contribution in [1.82, 2.24) is 10.2 Å². The van der Waals surface area contributed by atoms with Crippen LogP contribution in [0.3, 0.4) is 0 Å². The van der Waals surface area contributed by atoms with E-state index in [-0.39, 0.29) is 17.9 Å². The summed E-state index contributed by atoms with van der Waals surface area (Å²) in [6, 6.07) is 10.8. The third kappa shape index (κ3) is 3.08. The Bertz CT molecular complexity index is 553. The van der Waals surface area contributed by atoms with Gasteiger partial charge in [0.25, 0.3) is 0 Å². The highest BCUT2D eigenvalue weighted by molar-refractivity contribution is 5.80. The Morgan fingerprint density at radius 3 is 2.73 bits per heavy atom. The number of hydrogen-bond donors (Lipinski definition) is 2. The zero-order valence-corrected chi connectivity index (χ0v) is 13.0. The highest BCUT2D eigenvalue weighted by Crippen LogP contribution is 2.36. The number of aliphatic imine (C=N–C) groups is 1. The summed E-state index contributed by atoms with van der Waals surface area (Å²) in [5.74, 6) is 0.875. The zero-order valence-electron chi connectivity index (χ0n) is 13.0. The van der Waals surface area contributed by atoms with E-state index in [1.54, 1.807) is 0 Å². The van der Waals surface area contributed by atoms with Crippen LogP contribution in [0.25, 0.3) is 0 Å². The van der Waals surface area contributed by atoms with Crippen molar-refractivity contribution in [2.75, 3.05) is 13.6 Å². The van der Waals surface area contributed by atoms with Gasteiger partial charge in [-0.2, -0.15) is 0 Å². The molecule has 1 aliphatic carbocycles. The van der Waals surface area contributed by atoms with Gasteiger partial charge in [-0.1, -0.05) is 30.3 Å². The number of carbonyl (C=O) groups excluding carboxylic acids is 1. The molecular weight excluding hydrogens is 276 g/mol. The van der Waals surface area contributed by atoms with Crippen LogP contribution in [0.5, 0.6) is 0 Å². The lowest BCUT2D eigenvalue weighted by atomic mass is 9.93. The van der Waals surface area contributed by atoms with Crippen molar-refractivity contribution >= 4 is 11.9 Å². The van der Waals surface area contributed by atoms with Gasteiger partial charge in [0, 0.05) is 32.0 Å². The number of hydrogen-bond acceptors (Lipinski definition) is 2. The molecule has 3 N–H and O–H groups in total. The van der Waals surface area contributed by atoms with Gasteiger partial charge in [-0.05, 0) is 24.8 Å². The van der Waals surface area contributed by atoms with E-state index in [4.69, 9.17) is 5.73 Å². The monoisotopic (exact) mass is 300 g/mol. The van der Waals surface area contributed by atoms with Crippen molar-refractivity contribution in [1.29, 1.82) is 0 Å². The maximum Gasteiger partial charge on any atom is 0.223 e. The molecule has 0 spiro atoms. The first-order valence-corrected chi connectivity index (χ1v) is 8.02. The van der Waals surface area contributed by atoms with Crippen LogP contribution in [0, 0.1) is 5.92 Å². The van der Waals surface area contributed by atoms with Crippen LogP contribution < -0.4 is 11.1 Å². The van der Waals surface area contributed by atoms with Crippen molar-refractivity contribution in [2.45, 2.75) is 37.8 Å². The molecule has 0 aromatic heterocycles. The van der Waals surface area contributed by atoms with E-state index in [9.17, 15) is 4.79 Å². The zero-order chi connectivity index (χ0) is 15.5. The van der Waals surface area contributed by atoms with Gasteiger partial charge in [0.05, 0.1) is 6.04 Å². The number of nitrogens with two attached hydrogens (primary N) is 1. The van der Waals surface area contributed by atoms with Crippen molar-refractivity contribution < 1.29 is 4.79 Å². The van der Waals surface area contributed by atoms with Crippen LogP contribution in [0.15, 0.2) is 35.3 Å². The number of guanidine groups is 1. The van der Waals surface area contributed by atoms with E-state index in [0.717, 1.165) is 0 Å². The Morgan fingerprint density at radius 1 is 1.36 bits per heavy atom. The lowest BCUT2D eigenvalue weighted by molar-refractivity contribution is -0.127. The fourth-order valence-corrected chi connectivity index (χ4v) is 3.28. The topological polar surface area (TPSA) is 70.7 Å². The maximum atomic E-state index is 12.1. The molecule has 1 saturated carbocycles. The number of nitrogens with zero attached hydrogens (tertiary/aromatic N) is 2. The van der Waals surface area contributed by atoms with Crippen molar-refractivity contribution in [3.63, 3.8) is 0 Å². The molecule has 0 unspecified atom stereocenters. The SMILES string of the molecule is CN1C(=O)C[C@@H](CN=C(N)NC2CCC2)[C@@H]1c1ccccc1. The smallest absolute Gasteiger partial charge is 0.223 e. The molecule has 2 atom stereocenters. The average molecular weight is 300 g/mol. The average Bonchev–Trinajstić information content (AvgIpc) is 2.77. The van der Waals surface area contributed by atoms with Crippen LogP contribution in [0.2, 0.25) is 0 Å². The Labute approximate surface area is 131 Å². The van der Waals surface area contributed by atoms with E-state index in [1.165, 1.54) is 24.8 Å². The maximum absolute atomic E-state index is 12.1. The van der Waals surface area contributed by atoms with Crippen molar-refractivity contribution in [2.24, 2.45) is 16.6 Å². The van der Waals surface area contributed by atoms with Gasteiger partial charge in [-0.25, -0.2) is 0 Å². The second-order valence-electron chi connectivity index (χ2n) is 6.32. The van der Waals surface area contributed by atoms with E-state index >= 15 is 0 Å². The molecular formula is C17H24N4O. The van der Waals surface area contributed by atoms with Crippen molar-refractivity contribution in [3.8, 4) is 0 Å². The summed E-state index contributed by atoms with van der Waals surface area (Å²) in [6.07, 6.45) is 4.15. The molecule has 1 aromatic rings. The molecule has 1 saturated heterocycles. The largest absolute Gasteiger partial charge is 0.370 e. The van der Waals surface area contributed by atoms with Gasteiger partial charge in [0.15, 0.2) is 5.96 Å². The first-order valence-electron chi connectivity index (χ1n) is 8.02. The molecule has 0 bridgehead atoms. The van der Waals surface area contributed by atoms with Crippen LogP contribution in [0.4, 0.5) is 0 Å². The number of benzene rings is 1. The molecule has 22 heavy (non-hydrogen) atoms. The van der Waals surface area contributed by atoms with Crippen LogP contribution in [-0.2, 0) is 4.79 Å². The predicted molar refractivity (Wildman–Crippen MR) is 87.3 cm³/mol. The summed E-state index contributed by atoms with van der Waals surface area (Å²) in [6.45, 7) is 0.585. The highest BCUT2D eigenvalue weighted by Gasteiger charge is 2.38. The minimum atomic E-state index is 0.0916. The highest BCUT2D eigenvalue weighted by atomic mass is 16.2. The molecule has 5 nitrogen and oxygen atoms in total. The van der Waals surface area contributed by atoms with Gasteiger partial charge in [-0.15, -0.1) is 0 Å². The molecule has 1 amide bonds. The van der Waals surface area contributed by atoms with Crippen LogP contribution in [0.1, 0.15) is 37.3 Å². The fraction of sp³-hybridized carbons (Fsp3) is 0.529. The number of carbonyl (C=O) groups is 1. The molecule has 1 heterocycles. The molecule has 1 aliphatic heterocycles. The predicted octanol–water partition coefficient (Wildman–Crippen LogP) is 1.66. The van der Waals surface area contributed by atoms with E-state index < -0.39 is 0 Å². The first-order chi connectivity index (χ1) is 10.6. The Hall–Kier alpha value is -2.04. The Morgan fingerprint density at radius 2 is 2.09 bits per heavy atom. The minimum absolute atomic E-state index is 0.0916. The summed E-state index contributed by atoms with van der Waals surface area (Å²) in [7, 11) is 1.87. The minimum Gasteiger partial charge on any atom is -0.370 e. The molecule has 0 radical (unpaired) electrons. The Balaban J connectivity index is 1.68. The van der Waals surface area contributed by atoms with Gasteiger partial charge < -0.3 is 16.0 Å². The molecule has 2 aliphatic rings. The second-order valence-corrected chi connectivity index (χ2v) is 6.32. The summed E-state index contributed by atoms with van der Waals surface area (Å²) in [5.41, 5.74) is 7.12. The van der Waals surface area contributed by atoms with Crippen LogP contribution in [-0.4, -0.2) is 36.4 Å². The molecule has 5 heteroatoms. The van der Waals surface area contributed by atoms with E-state index in [2.05, 4.69) is 22.4 Å². The first kappa shape index (κ1) is 14.9. The lowest BCUT2D eigenvalue weighted by Gasteiger charge is -2.27. The van der Waals surface area contributed by atoms with Gasteiger partial charge >= 0.3 is 0 Å². The summed E-state index contributed by atoms with van der Waals surface area (Å²) < 4.78 is 0. The quantitative estimate of drug-likeness (QED) is 0.656. The van der Waals surface area contributed by atoms with E-state index in [1.807, 2.05) is 30.1 Å².